The average Bonchev–Trinajstić information content (AvgIpc) is 2.66. The number of ether oxygens (including phenoxy) is 2. The fourth-order valence-electron chi connectivity index (χ4n) is 2.70. The fourth-order valence-corrected chi connectivity index (χ4v) is 3.49. The van der Waals surface area contributed by atoms with Gasteiger partial charge in [0.2, 0.25) is 0 Å². The van der Waals surface area contributed by atoms with Gasteiger partial charge < -0.3 is 9.47 Å². The summed E-state index contributed by atoms with van der Waals surface area (Å²) in [6.45, 7) is 0. The Bertz CT molecular complexity index is 1020. The van der Waals surface area contributed by atoms with E-state index in [1.54, 1.807) is 36.4 Å². The first kappa shape index (κ1) is 20.1. The monoisotopic (exact) mass is 436 g/mol. The van der Waals surface area contributed by atoms with E-state index in [2.05, 4.69) is 5.32 Å². The van der Waals surface area contributed by atoms with Crippen LogP contribution in [0.3, 0.4) is 0 Å². The molecule has 0 radical (unpaired) electrons. The van der Waals surface area contributed by atoms with E-state index in [4.69, 9.17) is 44.9 Å². The molecule has 0 unspecified atom stereocenters. The lowest BCUT2D eigenvalue weighted by Crippen LogP contribution is -2.54. The molecule has 0 spiro atoms. The number of carbonyl (C=O) groups is 2. The number of nitrogens with zero attached hydrogens (tertiary/aromatic N) is 1. The van der Waals surface area contributed by atoms with Crippen molar-refractivity contribution in [1.29, 1.82) is 0 Å². The van der Waals surface area contributed by atoms with E-state index in [0.717, 1.165) is 0 Å². The Balaban J connectivity index is 2.07. The number of hydrogen-bond acceptors (Lipinski definition) is 5. The van der Waals surface area contributed by atoms with Gasteiger partial charge in [0.1, 0.15) is 5.57 Å². The van der Waals surface area contributed by atoms with Gasteiger partial charge in [0, 0.05) is 0 Å². The third-order valence-electron chi connectivity index (χ3n) is 3.96. The van der Waals surface area contributed by atoms with Crippen LogP contribution in [0, 0.1) is 0 Å². The molecule has 2 amide bonds. The van der Waals surface area contributed by atoms with Crippen LogP contribution in [-0.4, -0.2) is 31.1 Å². The summed E-state index contributed by atoms with van der Waals surface area (Å²) >= 11 is 17.6. The molecule has 2 aromatic carbocycles. The molecule has 0 aliphatic carbocycles. The molecule has 1 fully saturated rings. The molecule has 6 nitrogen and oxygen atoms in total. The lowest BCUT2D eigenvalue weighted by Gasteiger charge is -2.29. The molecule has 28 heavy (non-hydrogen) atoms. The maximum absolute atomic E-state index is 13.0. The lowest BCUT2D eigenvalue weighted by molar-refractivity contribution is -0.122. The highest BCUT2D eigenvalue weighted by Gasteiger charge is 2.35. The van der Waals surface area contributed by atoms with E-state index in [9.17, 15) is 9.59 Å². The highest BCUT2D eigenvalue weighted by atomic mass is 35.5. The summed E-state index contributed by atoms with van der Waals surface area (Å²) in [6, 6.07) is 9.86. The van der Waals surface area contributed by atoms with Gasteiger partial charge in [0.05, 0.1) is 30.0 Å². The third-order valence-corrected chi connectivity index (χ3v) is 4.85. The number of thiocarbonyl (C=S) groups is 1. The molecule has 1 aliphatic heterocycles. The van der Waals surface area contributed by atoms with Gasteiger partial charge in [-0.25, -0.2) is 0 Å². The van der Waals surface area contributed by atoms with Crippen LogP contribution < -0.4 is 19.7 Å². The first-order chi connectivity index (χ1) is 13.4. The van der Waals surface area contributed by atoms with Crippen LogP contribution in [0.2, 0.25) is 10.0 Å². The Labute approximate surface area is 176 Å². The maximum Gasteiger partial charge on any atom is 0.270 e. The Hall–Kier alpha value is -2.61. The minimum Gasteiger partial charge on any atom is -0.493 e. The number of rotatable bonds is 4. The number of methoxy groups -OCH3 is 2. The lowest BCUT2D eigenvalue weighted by atomic mass is 10.1. The molecule has 1 aliphatic rings. The van der Waals surface area contributed by atoms with Gasteiger partial charge in [-0.1, -0.05) is 35.3 Å². The summed E-state index contributed by atoms with van der Waals surface area (Å²) < 4.78 is 10.4. The second-order valence-corrected chi connectivity index (χ2v) is 6.85. The summed E-state index contributed by atoms with van der Waals surface area (Å²) in [4.78, 5) is 26.6. The van der Waals surface area contributed by atoms with Crippen molar-refractivity contribution in [2.45, 2.75) is 0 Å². The van der Waals surface area contributed by atoms with Crippen molar-refractivity contribution in [3.05, 3.63) is 57.6 Å². The summed E-state index contributed by atoms with van der Waals surface area (Å²) in [6.07, 6.45) is 1.40. The summed E-state index contributed by atoms with van der Waals surface area (Å²) in [5, 5.41) is 3.05. The van der Waals surface area contributed by atoms with Crippen molar-refractivity contribution < 1.29 is 19.1 Å². The van der Waals surface area contributed by atoms with Gasteiger partial charge in [0.15, 0.2) is 16.6 Å². The highest BCUT2D eigenvalue weighted by Crippen LogP contribution is 2.37. The van der Waals surface area contributed by atoms with Crippen molar-refractivity contribution in [2.75, 3.05) is 19.1 Å². The predicted octanol–water partition coefficient (Wildman–Crippen LogP) is 3.84. The predicted molar refractivity (Wildman–Crippen MR) is 112 cm³/mol. The molecule has 0 atom stereocenters. The minimum absolute atomic E-state index is 0.0504. The normalized spacial score (nSPS) is 15.6. The summed E-state index contributed by atoms with van der Waals surface area (Å²) in [5.41, 5.74) is 0.722. The van der Waals surface area contributed by atoms with Crippen LogP contribution in [-0.2, 0) is 9.59 Å². The molecule has 0 aromatic heterocycles. The average molecular weight is 437 g/mol. The molecular weight excluding hydrogens is 423 g/mol. The number of carbonyl (C=O) groups excluding carboxylic acids is 2. The van der Waals surface area contributed by atoms with E-state index >= 15 is 0 Å². The summed E-state index contributed by atoms with van der Waals surface area (Å²) in [5.74, 6) is -0.509. The standard InChI is InChI=1S/C19H14Cl2N2O4S/c1-26-15-9-10(8-13(21)16(15)27-2)7-11-17(24)22-19(28)23(18(11)25)14-6-4-3-5-12(14)20/h3-9H,1-2H3,(H,22,24,28)/b11-7+. The van der Waals surface area contributed by atoms with Crippen LogP contribution in [0.4, 0.5) is 5.69 Å². The van der Waals surface area contributed by atoms with E-state index < -0.39 is 11.8 Å². The minimum atomic E-state index is -0.621. The van der Waals surface area contributed by atoms with Crippen LogP contribution in [0.25, 0.3) is 6.08 Å². The Morgan fingerprint density at radius 2 is 1.79 bits per heavy atom. The number of nitrogens with one attached hydrogen (secondary N) is 1. The van der Waals surface area contributed by atoms with Crippen molar-refractivity contribution in [1.82, 2.24) is 5.32 Å². The first-order valence-electron chi connectivity index (χ1n) is 7.95. The quantitative estimate of drug-likeness (QED) is 0.447. The van der Waals surface area contributed by atoms with E-state index in [-0.39, 0.29) is 15.7 Å². The SMILES string of the molecule is COc1cc(/C=C2\C(=O)NC(=S)N(c3ccccc3Cl)C2=O)cc(Cl)c1OC. The molecular formula is C19H14Cl2N2O4S. The molecule has 2 aromatic rings. The van der Waals surface area contributed by atoms with Crippen molar-refractivity contribution in [3.63, 3.8) is 0 Å². The summed E-state index contributed by atoms with van der Waals surface area (Å²) in [7, 11) is 2.92. The fraction of sp³-hybridized carbons (Fsp3) is 0.105. The number of benzene rings is 2. The van der Waals surface area contributed by atoms with E-state index in [1.807, 2.05) is 0 Å². The zero-order chi connectivity index (χ0) is 20.4. The largest absolute Gasteiger partial charge is 0.493 e. The number of halogens is 2. The van der Waals surface area contributed by atoms with Gasteiger partial charge >= 0.3 is 0 Å². The van der Waals surface area contributed by atoms with Gasteiger partial charge in [-0.2, -0.15) is 0 Å². The molecule has 1 saturated heterocycles. The zero-order valence-electron chi connectivity index (χ0n) is 14.8. The third kappa shape index (κ3) is 3.69. The molecule has 1 heterocycles. The Kier molecular flexibility index (Phi) is 5.88. The number of anilines is 1. The molecule has 3 rings (SSSR count). The van der Waals surface area contributed by atoms with E-state index in [1.165, 1.54) is 25.2 Å². The van der Waals surface area contributed by atoms with Crippen LogP contribution in [0.5, 0.6) is 11.5 Å². The van der Waals surface area contributed by atoms with Gasteiger partial charge in [-0.3, -0.25) is 19.8 Å². The van der Waals surface area contributed by atoms with Crippen molar-refractivity contribution in [2.24, 2.45) is 0 Å². The van der Waals surface area contributed by atoms with Crippen LogP contribution in [0.1, 0.15) is 5.56 Å². The number of para-hydroxylation sites is 1. The molecule has 0 saturated carbocycles. The smallest absolute Gasteiger partial charge is 0.270 e. The van der Waals surface area contributed by atoms with Crippen LogP contribution in [0.15, 0.2) is 42.0 Å². The van der Waals surface area contributed by atoms with E-state index in [0.29, 0.717) is 27.8 Å². The number of amides is 2. The maximum atomic E-state index is 13.0. The van der Waals surface area contributed by atoms with Crippen LogP contribution >= 0.6 is 35.4 Å². The number of hydrogen-bond donors (Lipinski definition) is 1. The molecule has 0 bridgehead atoms. The Morgan fingerprint density at radius 1 is 1.07 bits per heavy atom. The molecule has 9 heteroatoms. The van der Waals surface area contributed by atoms with Gasteiger partial charge in [-0.05, 0) is 48.1 Å². The second-order valence-electron chi connectivity index (χ2n) is 5.65. The first-order valence-corrected chi connectivity index (χ1v) is 9.11. The van der Waals surface area contributed by atoms with Crippen molar-refractivity contribution >= 4 is 64.1 Å². The topological polar surface area (TPSA) is 67.9 Å². The zero-order valence-corrected chi connectivity index (χ0v) is 17.1. The van der Waals surface area contributed by atoms with Crippen molar-refractivity contribution in [3.8, 4) is 11.5 Å². The second kappa shape index (κ2) is 8.18. The molecule has 144 valence electrons. The van der Waals surface area contributed by atoms with Gasteiger partial charge in [0.25, 0.3) is 11.8 Å². The molecule has 1 N–H and O–H groups in total. The Morgan fingerprint density at radius 3 is 2.43 bits per heavy atom. The highest BCUT2D eigenvalue weighted by molar-refractivity contribution is 7.80. The van der Waals surface area contributed by atoms with Gasteiger partial charge in [-0.15, -0.1) is 0 Å².